The summed E-state index contributed by atoms with van der Waals surface area (Å²) < 4.78 is 5.38. The minimum Gasteiger partial charge on any atom is -0.469 e. The number of anilines is 1. The normalized spacial score (nSPS) is 18.5. The van der Waals surface area contributed by atoms with Crippen molar-refractivity contribution in [3.05, 3.63) is 54.0 Å². The molecule has 2 N–H and O–H groups in total. The Morgan fingerprint density at radius 3 is 2.43 bits per heavy atom. The topological polar surface area (TPSA) is 57.5 Å². The van der Waals surface area contributed by atoms with E-state index in [0.29, 0.717) is 12.1 Å². The van der Waals surface area contributed by atoms with Gasteiger partial charge in [-0.1, -0.05) is 12.8 Å². The number of piperidine rings is 1. The van der Waals surface area contributed by atoms with Gasteiger partial charge < -0.3 is 20.0 Å². The molecule has 150 valence electrons. The van der Waals surface area contributed by atoms with Crippen molar-refractivity contribution >= 4 is 11.6 Å². The third-order valence-electron chi connectivity index (χ3n) is 6.06. The SMILES string of the molecule is O=C(NC1CCCC1)c1ccc(N2CCC(NCCc3ccco3)CC2)cc1. The van der Waals surface area contributed by atoms with E-state index < -0.39 is 0 Å². The molecule has 5 heteroatoms. The molecule has 1 aromatic carbocycles. The lowest BCUT2D eigenvalue weighted by atomic mass is 10.0. The third kappa shape index (κ3) is 4.96. The second-order valence-electron chi connectivity index (χ2n) is 8.05. The number of amides is 1. The molecule has 0 spiro atoms. The third-order valence-corrected chi connectivity index (χ3v) is 6.06. The number of hydrogen-bond donors (Lipinski definition) is 2. The first-order chi connectivity index (χ1) is 13.8. The summed E-state index contributed by atoms with van der Waals surface area (Å²) in [5.41, 5.74) is 1.98. The van der Waals surface area contributed by atoms with Crippen LogP contribution in [0.2, 0.25) is 0 Å². The van der Waals surface area contributed by atoms with Gasteiger partial charge >= 0.3 is 0 Å². The monoisotopic (exact) mass is 381 g/mol. The van der Waals surface area contributed by atoms with Crippen molar-refractivity contribution in [1.29, 1.82) is 0 Å². The van der Waals surface area contributed by atoms with E-state index in [1.165, 1.54) is 18.5 Å². The Morgan fingerprint density at radius 2 is 1.75 bits per heavy atom. The average Bonchev–Trinajstić information content (AvgIpc) is 3.43. The van der Waals surface area contributed by atoms with Crippen molar-refractivity contribution in [1.82, 2.24) is 10.6 Å². The maximum absolute atomic E-state index is 12.4. The van der Waals surface area contributed by atoms with E-state index in [1.807, 2.05) is 24.3 Å². The van der Waals surface area contributed by atoms with Gasteiger partial charge in [0.1, 0.15) is 5.76 Å². The smallest absolute Gasteiger partial charge is 0.251 e. The molecule has 1 saturated heterocycles. The molecule has 1 saturated carbocycles. The Hall–Kier alpha value is -2.27. The Kier molecular flexibility index (Phi) is 6.32. The van der Waals surface area contributed by atoms with Gasteiger partial charge in [-0.05, 0) is 62.1 Å². The molecule has 1 amide bonds. The predicted octanol–water partition coefficient (Wildman–Crippen LogP) is 3.75. The van der Waals surface area contributed by atoms with Crippen LogP contribution in [-0.4, -0.2) is 37.6 Å². The van der Waals surface area contributed by atoms with Crippen LogP contribution in [0.15, 0.2) is 47.1 Å². The molecule has 2 aliphatic rings. The summed E-state index contributed by atoms with van der Waals surface area (Å²) in [6.07, 6.45) is 9.66. The zero-order valence-corrected chi connectivity index (χ0v) is 16.5. The Morgan fingerprint density at radius 1 is 1.00 bits per heavy atom. The Labute approximate surface area is 167 Å². The van der Waals surface area contributed by atoms with E-state index in [2.05, 4.69) is 27.7 Å². The molecule has 4 rings (SSSR count). The van der Waals surface area contributed by atoms with Crippen LogP contribution in [0.25, 0.3) is 0 Å². The number of furan rings is 1. The molecule has 0 radical (unpaired) electrons. The first-order valence-corrected chi connectivity index (χ1v) is 10.7. The van der Waals surface area contributed by atoms with E-state index in [0.717, 1.165) is 63.1 Å². The molecule has 1 aromatic heterocycles. The maximum atomic E-state index is 12.4. The van der Waals surface area contributed by atoms with Crippen LogP contribution in [0, 0.1) is 0 Å². The fraction of sp³-hybridized carbons (Fsp3) is 0.522. The molecule has 1 aliphatic heterocycles. The van der Waals surface area contributed by atoms with E-state index in [4.69, 9.17) is 4.42 Å². The lowest BCUT2D eigenvalue weighted by molar-refractivity contribution is 0.0938. The summed E-state index contributed by atoms with van der Waals surface area (Å²) in [4.78, 5) is 14.8. The summed E-state index contributed by atoms with van der Waals surface area (Å²) >= 11 is 0. The van der Waals surface area contributed by atoms with Crippen LogP contribution in [0.3, 0.4) is 0 Å². The predicted molar refractivity (Wildman–Crippen MR) is 112 cm³/mol. The fourth-order valence-corrected chi connectivity index (χ4v) is 4.36. The molecule has 1 aliphatic carbocycles. The van der Waals surface area contributed by atoms with Gasteiger partial charge in [-0.3, -0.25) is 4.79 Å². The van der Waals surface area contributed by atoms with Gasteiger partial charge in [-0.15, -0.1) is 0 Å². The molecular formula is C23H31N3O2. The van der Waals surface area contributed by atoms with Crippen LogP contribution in [-0.2, 0) is 6.42 Å². The number of hydrogen-bond acceptors (Lipinski definition) is 4. The highest BCUT2D eigenvalue weighted by Crippen LogP contribution is 2.22. The van der Waals surface area contributed by atoms with Crippen molar-refractivity contribution in [2.75, 3.05) is 24.5 Å². The first kappa shape index (κ1) is 19.1. The zero-order chi connectivity index (χ0) is 19.2. The first-order valence-electron chi connectivity index (χ1n) is 10.7. The molecule has 0 bridgehead atoms. The molecule has 2 heterocycles. The summed E-state index contributed by atoms with van der Waals surface area (Å²) in [5.74, 6) is 1.11. The van der Waals surface area contributed by atoms with Gasteiger partial charge in [0.25, 0.3) is 5.91 Å². The highest BCUT2D eigenvalue weighted by Gasteiger charge is 2.20. The van der Waals surface area contributed by atoms with Crippen molar-refractivity contribution in [3.63, 3.8) is 0 Å². The highest BCUT2D eigenvalue weighted by atomic mass is 16.3. The molecule has 28 heavy (non-hydrogen) atoms. The largest absolute Gasteiger partial charge is 0.469 e. The summed E-state index contributed by atoms with van der Waals surface area (Å²) in [6, 6.07) is 13.0. The zero-order valence-electron chi connectivity index (χ0n) is 16.5. The van der Waals surface area contributed by atoms with Crippen molar-refractivity contribution in [3.8, 4) is 0 Å². The number of benzene rings is 1. The maximum Gasteiger partial charge on any atom is 0.251 e. The molecule has 0 atom stereocenters. The lowest BCUT2D eigenvalue weighted by Gasteiger charge is -2.34. The van der Waals surface area contributed by atoms with E-state index in [-0.39, 0.29) is 5.91 Å². The van der Waals surface area contributed by atoms with Gasteiger partial charge in [0.2, 0.25) is 0 Å². The van der Waals surface area contributed by atoms with Gasteiger partial charge in [0, 0.05) is 49.4 Å². The second-order valence-corrected chi connectivity index (χ2v) is 8.05. The highest BCUT2D eigenvalue weighted by molar-refractivity contribution is 5.94. The average molecular weight is 382 g/mol. The van der Waals surface area contributed by atoms with Gasteiger partial charge in [0.15, 0.2) is 0 Å². The van der Waals surface area contributed by atoms with Crippen LogP contribution in [0.5, 0.6) is 0 Å². The minimum atomic E-state index is 0.0675. The summed E-state index contributed by atoms with van der Waals surface area (Å²) in [5, 5.41) is 6.81. The molecular weight excluding hydrogens is 350 g/mol. The number of nitrogens with one attached hydrogen (secondary N) is 2. The summed E-state index contributed by atoms with van der Waals surface area (Å²) in [6.45, 7) is 3.06. The molecule has 2 aromatic rings. The Bertz CT molecular complexity index is 728. The van der Waals surface area contributed by atoms with Crippen molar-refractivity contribution in [2.45, 2.75) is 57.0 Å². The number of nitrogens with zero attached hydrogens (tertiary/aromatic N) is 1. The number of carbonyl (C=O) groups is 1. The van der Waals surface area contributed by atoms with Crippen LogP contribution in [0.4, 0.5) is 5.69 Å². The van der Waals surface area contributed by atoms with Gasteiger partial charge in [0.05, 0.1) is 6.26 Å². The lowest BCUT2D eigenvalue weighted by Crippen LogP contribution is -2.43. The van der Waals surface area contributed by atoms with Gasteiger partial charge in [-0.2, -0.15) is 0 Å². The quantitative estimate of drug-likeness (QED) is 0.767. The minimum absolute atomic E-state index is 0.0675. The molecule has 0 unspecified atom stereocenters. The van der Waals surface area contributed by atoms with E-state index >= 15 is 0 Å². The van der Waals surface area contributed by atoms with Crippen LogP contribution >= 0.6 is 0 Å². The number of rotatable bonds is 7. The molecule has 5 nitrogen and oxygen atoms in total. The summed E-state index contributed by atoms with van der Waals surface area (Å²) in [7, 11) is 0. The fourth-order valence-electron chi connectivity index (χ4n) is 4.36. The van der Waals surface area contributed by atoms with Crippen LogP contribution in [0.1, 0.15) is 54.6 Å². The van der Waals surface area contributed by atoms with E-state index in [9.17, 15) is 4.79 Å². The molecule has 2 fully saturated rings. The van der Waals surface area contributed by atoms with E-state index in [1.54, 1.807) is 6.26 Å². The van der Waals surface area contributed by atoms with Crippen molar-refractivity contribution < 1.29 is 9.21 Å². The standard InChI is InChI=1S/C23H31N3O2/c27-23(25-20-4-1-2-5-20)18-7-9-21(10-8-18)26-15-12-19(13-16-26)24-14-11-22-6-3-17-28-22/h3,6-10,17,19-20,24H,1-2,4-5,11-16H2,(H,25,27). The van der Waals surface area contributed by atoms with Crippen molar-refractivity contribution in [2.24, 2.45) is 0 Å². The van der Waals surface area contributed by atoms with Gasteiger partial charge in [-0.25, -0.2) is 0 Å². The Balaban J connectivity index is 1.21. The van der Waals surface area contributed by atoms with Crippen LogP contribution < -0.4 is 15.5 Å². The second kappa shape index (κ2) is 9.28. The number of carbonyl (C=O) groups excluding carboxylic acids is 1.